The molecule has 0 aliphatic rings. The summed E-state index contributed by atoms with van der Waals surface area (Å²) < 4.78 is 13.2. The number of anilines is 1. The van der Waals surface area contributed by atoms with Gasteiger partial charge in [0.25, 0.3) is 0 Å². The fraction of sp³-hybridized carbons (Fsp3) is 0.143. The number of hydrogen-bond donors (Lipinski definition) is 1. The number of nitrogens with two attached hydrogens (primary N) is 1. The van der Waals surface area contributed by atoms with Crippen LogP contribution in [0.1, 0.15) is 5.56 Å². The van der Waals surface area contributed by atoms with E-state index in [4.69, 9.17) is 5.73 Å². The van der Waals surface area contributed by atoms with Gasteiger partial charge in [-0.05, 0) is 42.2 Å². The Hall–Kier alpha value is -1.13. The van der Waals surface area contributed by atoms with Crippen LogP contribution in [0, 0.1) is 5.82 Å². The Morgan fingerprint density at radius 2 is 1.78 bits per heavy atom. The number of hydrogen-bond acceptors (Lipinski definition) is 3. The summed E-state index contributed by atoms with van der Waals surface area (Å²) in [6.45, 7) is 0. The molecule has 2 rings (SSSR count). The average Bonchev–Trinajstić information content (AvgIpc) is 2.36. The van der Waals surface area contributed by atoms with Crippen molar-refractivity contribution in [3.63, 3.8) is 0 Å². The Bertz CT molecular complexity index is 506. The summed E-state index contributed by atoms with van der Waals surface area (Å²) in [5.74, 6) is 0.535. The van der Waals surface area contributed by atoms with Crippen molar-refractivity contribution in [3.8, 4) is 0 Å². The third-order valence-electron chi connectivity index (χ3n) is 2.46. The molecule has 0 radical (unpaired) electrons. The lowest BCUT2D eigenvalue weighted by atomic mass is 10.2. The van der Waals surface area contributed by atoms with Crippen molar-refractivity contribution in [1.29, 1.82) is 0 Å². The lowest BCUT2D eigenvalue weighted by molar-refractivity contribution is 0.625. The molecule has 0 unspecified atom stereocenters. The number of rotatable bonds is 4. The van der Waals surface area contributed by atoms with Gasteiger partial charge in [0.1, 0.15) is 5.82 Å². The molecule has 18 heavy (non-hydrogen) atoms. The summed E-state index contributed by atoms with van der Waals surface area (Å²) in [6, 6.07) is 13.0. The normalized spacial score (nSPS) is 10.6. The SMILES string of the molecule is CSc1ccc(CSc2cc(N)cc(F)c2)cc1. The Balaban J connectivity index is 2.01. The maximum absolute atomic E-state index is 13.2. The van der Waals surface area contributed by atoms with E-state index in [0.717, 1.165) is 10.6 Å². The van der Waals surface area contributed by atoms with Crippen molar-refractivity contribution in [3.05, 3.63) is 53.8 Å². The maximum Gasteiger partial charge on any atom is 0.126 e. The highest BCUT2D eigenvalue weighted by Gasteiger charge is 2.01. The van der Waals surface area contributed by atoms with Crippen molar-refractivity contribution >= 4 is 29.2 Å². The van der Waals surface area contributed by atoms with Crippen molar-refractivity contribution in [2.45, 2.75) is 15.5 Å². The minimum atomic E-state index is -0.282. The molecule has 0 aliphatic carbocycles. The van der Waals surface area contributed by atoms with Crippen molar-refractivity contribution in [2.75, 3.05) is 12.0 Å². The van der Waals surface area contributed by atoms with Gasteiger partial charge in [0.15, 0.2) is 0 Å². The van der Waals surface area contributed by atoms with Gasteiger partial charge in [-0.1, -0.05) is 12.1 Å². The van der Waals surface area contributed by atoms with Crippen LogP contribution in [0.25, 0.3) is 0 Å². The fourth-order valence-electron chi connectivity index (χ4n) is 1.56. The van der Waals surface area contributed by atoms with Gasteiger partial charge in [0.2, 0.25) is 0 Å². The summed E-state index contributed by atoms with van der Waals surface area (Å²) in [4.78, 5) is 2.11. The predicted molar refractivity (Wildman–Crippen MR) is 78.6 cm³/mol. The van der Waals surface area contributed by atoms with Gasteiger partial charge in [-0.25, -0.2) is 4.39 Å². The van der Waals surface area contributed by atoms with Crippen LogP contribution in [0.5, 0.6) is 0 Å². The van der Waals surface area contributed by atoms with Crippen LogP contribution >= 0.6 is 23.5 Å². The summed E-state index contributed by atoms with van der Waals surface area (Å²) >= 11 is 3.31. The highest BCUT2D eigenvalue weighted by atomic mass is 32.2. The van der Waals surface area contributed by atoms with E-state index >= 15 is 0 Å². The molecular weight excluding hydrogens is 265 g/mol. The van der Waals surface area contributed by atoms with Gasteiger partial charge >= 0.3 is 0 Å². The van der Waals surface area contributed by atoms with E-state index in [1.807, 2.05) is 0 Å². The minimum Gasteiger partial charge on any atom is -0.399 e. The van der Waals surface area contributed by atoms with Crippen LogP contribution in [-0.4, -0.2) is 6.26 Å². The number of nitrogen functional groups attached to an aromatic ring is 1. The molecule has 2 aromatic rings. The predicted octanol–water partition coefficient (Wildman–Crippen LogP) is 4.42. The maximum atomic E-state index is 13.2. The van der Waals surface area contributed by atoms with Gasteiger partial charge in [-0.15, -0.1) is 23.5 Å². The Kier molecular flexibility index (Phi) is 4.55. The molecule has 0 aliphatic heterocycles. The largest absolute Gasteiger partial charge is 0.399 e. The molecule has 0 bridgehead atoms. The summed E-state index contributed by atoms with van der Waals surface area (Å²) in [5.41, 5.74) is 7.30. The number of benzene rings is 2. The van der Waals surface area contributed by atoms with Gasteiger partial charge in [0.05, 0.1) is 0 Å². The standard InChI is InChI=1S/C14H14FNS2/c1-17-13-4-2-10(3-5-13)9-18-14-7-11(15)6-12(16)8-14/h2-8H,9,16H2,1H3. The van der Waals surface area contributed by atoms with Gasteiger partial charge in [-0.2, -0.15) is 0 Å². The molecule has 0 saturated carbocycles. The zero-order valence-electron chi connectivity index (χ0n) is 10.0. The summed E-state index contributed by atoms with van der Waals surface area (Å²) in [5, 5.41) is 0. The quantitative estimate of drug-likeness (QED) is 0.662. The Morgan fingerprint density at radius 3 is 2.39 bits per heavy atom. The first-order valence-electron chi connectivity index (χ1n) is 5.49. The lowest BCUT2D eigenvalue weighted by Gasteiger charge is -2.04. The molecule has 0 fully saturated rings. The number of halogens is 1. The van der Waals surface area contributed by atoms with Crippen molar-refractivity contribution in [1.82, 2.24) is 0 Å². The Morgan fingerprint density at radius 1 is 1.06 bits per heavy atom. The van der Waals surface area contributed by atoms with E-state index in [0.29, 0.717) is 5.69 Å². The molecule has 2 N–H and O–H groups in total. The first kappa shape index (κ1) is 13.3. The van der Waals surface area contributed by atoms with Crippen LogP contribution in [0.2, 0.25) is 0 Å². The smallest absolute Gasteiger partial charge is 0.126 e. The van der Waals surface area contributed by atoms with Gasteiger partial charge in [-0.3, -0.25) is 0 Å². The monoisotopic (exact) mass is 279 g/mol. The van der Waals surface area contributed by atoms with Crippen LogP contribution in [0.4, 0.5) is 10.1 Å². The zero-order chi connectivity index (χ0) is 13.0. The van der Waals surface area contributed by atoms with Gasteiger partial charge in [0, 0.05) is 21.2 Å². The highest BCUT2D eigenvalue weighted by molar-refractivity contribution is 7.98. The summed E-state index contributed by atoms with van der Waals surface area (Å²) in [7, 11) is 0. The van der Waals surface area contributed by atoms with Crippen LogP contribution in [-0.2, 0) is 5.75 Å². The van der Waals surface area contributed by atoms with E-state index in [1.54, 1.807) is 29.6 Å². The molecular formula is C14H14FNS2. The first-order valence-corrected chi connectivity index (χ1v) is 7.70. The van der Waals surface area contributed by atoms with E-state index in [2.05, 4.69) is 30.5 Å². The molecule has 0 heterocycles. The molecule has 94 valence electrons. The van der Waals surface area contributed by atoms with Gasteiger partial charge < -0.3 is 5.73 Å². The second-order valence-electron chi connectivity index (χ2n) is 3.86. The van der Waals surface area contributed by atoms with Crippen molar-refractivity contribution in [2.24, 2.45) is 0 Å². The van der Waals surface area contributed by atoms with Crippen LogP contribution < -0.4 is 5.73 Å². The number of thioether (sulfide) groups is 2. The lowest BCUT2D eigenvalue weighted by Crippen LogP contribution is -1.88. The molecule has 0 amide bonds. The summed E-state index contributed by atoms with van der Waals surface area (Å²) in [6.07, 6.45) is 2.05. The first-order chi connectivity index (χ1) is 8.67. The minimum absolute atomic E-state index is 0.282. The second kappa shape index (κ2) is 6.16. The third-order valence-corrected chi connectivity index (χ3v) is 4.25. The molecule has 4 heteroatoms. The molecule has 0 aromatic heterocycles. The highest BCUT2D eigenvalue weighted by Crippen LogP contribution is 2.26. The van der Waals surface area contributed by atoms with Crippen LogP contribution in [0.15, 0.2) is 52.3 Å². The molecule has 2 aromatic carbocycles. The molecule has 0 saturated heterocycles. The topological polar surface area (TPSA) is 26.0 Å². The van der Waals surface area contributed by atoms with E-state index in [-0.39, 0.29) is 5.82 Å². The second-order valence-corrected chi connectivity index (χ2v) is 5.79. The van der Waals surface area contributed by atoms with E-state index < -0.39 is 0 Å². The zero-order valence-corrected chi connectivity index (χ0v) is 11.7. The van der Waals surface area contributed by atoms with Crippen molar-refractivity contribution < 1.29 is 4.39 Å². The Labute approximate surface area is 115 Å². The van der Waals surface area contributed by atoms with E-state index in [1.165, 1.54) is 22.6 Å². The van der Waals surface area contributed by atoms with Crippen LogP contribution in [0.3, 0.4) is 0 Å². The average molecular weight is 279 g/mol. The third kappa shape index (κ3) is 3.68. The van der Waals surface area contributed by atoms with E-state index in [9.17, 15) is 4.39 Å². The molecule has 0 spiro atoms. The fourth-order valence-corrected chi connectivity index (χ4v) is 2.91. The molecule has 1 nitrogen and oxygen atoms in total. The molecule has 0 atom stereocenters.